The smallest absolute Gasteiger partial charge is 0.119 e. The lowest BCUT2D eigenvalue weighted by molar-refractivity contribution is 0.306. The SMILES string of the molecule is CCC(CC(C)c1ccc(OCc2ccc(C3(c4ccc(C(C)C)cc4)c4ccccc4-c4ccc(N(c5ccccc5)c5ccc6c(c5)C(c5ccccc5)(c5ccccc5)c5ccccc5-6)cc43)cc2)cc1)c1ccc(-c2ccc3c(c2)CC3)cc1. The Labute approximate surface area is 520 Å². The van der Waals surface area contributed by atoms with Crippen molar-refractivity contribution in [3.05, 3.63) is 369 Å². The molecule has 12 aromatic carbocycles. The molecule has 3 aliphatic rings. The summed E-state index contributed by atoms with van der Waals surface area (Å²) in [4.78, 5) is 2.48. The third-order valence-electron chi connectivity index (χ3n) is 20.0. The maximum absolute atomic E-state index is 6.62. The molecule has 0 N–H and O–H groups in total. The van der Waals surface area contributed by atoms with Crippen molar-refractivity contribution in [3.63, 3.8) is 0 Å². The molecule has 0 saturated heterocycles. The van der Waals surface area contributed by atoms with E-state index in [0.29, 0.717) is 24.4 Å². The molecule has 3 unspecified atom stereocenters. The van der Waals surface area contributed by atoms with Gasteiger partial charge in [0.15, 0.2) is 0 Å². The molecule has 0 aliphatic heterocycles. The Balaban J connectivity index is 0.765. The summed E-state index contributed by atoms with van der Waals surface area (Å²) in [6.07, 6.45) is 4.64. The van der Waals surface area contributed by atoms with E-state index in [1.165, 1.54) is 119 Å². The summed E-state index contributed by atoms with van der Waals surface area (Å²) in [6, 6.07) is 110. The molecule has 15 rings (SSSR count). The predicted molar refractivity (Wildman–Crippen MR) is 366 cm³/mol. The van der Waals surface area contributed by atoms with E-state index >= 15 is 0 Å². The van der Waals surface area contributed by atoms with Gasteiger partial charge in [-0.3, -0.25) is 0 Å². The molecule has 2 heteroatoms. The monoisotopic (exact) mass is 1140 g/mol. The highest BCUT2D eigenvalue weighted by atomic mass is 16.5. The van der Waals surface area contributed by atoms with Gasteiger partial charge in [-0.15, -0.1) is 0 Å². The fourth-order valence-electron chi connectivity index (χ4n) is 15.2. The minimum absolute atomic E-state index is 0.402. The van der Waals surface area contributed by atoms with Gasteiger partial charge in [-0.2, -0.15) is 0 Å². The molecule has 3 aliphatic carbocycles. The van der Waals surface area contributed by atoms with Crippen molar-refractivity contribution in [2.75, 3.05) is 4.90 Å². The molecular formula is C86H73NO. The van der Waals surface area contributed by atoms with Crippen LogP contribution in [0.25, 0.3) is 33.4 Å². The highest BCUT2D eigenvalue weighted by Gasteiger charge is 2.48. The van der Waals surface area contributed by atoms with Crippen LogP contribution in [-0.2, 0) is 30.3 Å². The Kier molecular flexibility index (Phi) is 14.2. The molecule has 0 heterocycles. The molecule has 0 amide bonds. The number of anilines is 3. The first-order chi connectivity index (χ1) is 43.3. The van der Waals surface area contributed by atoms with E-state index in [0.717, 1.165) is 41.2 Å². The average molecular weight is 1140 g/mol. The van der Waals surface area contributed by atoms with Crippen molar-refractivity contribution in [1.82, 2.24) is 0 Å². The van der Waals surface area contributed by atoms with E-state index in [2.05, 4.69) is 324 Å². The number of para-hydroxylation sites is 1. The summed E-state index contributed by atoms with van der Waals surface area (Å²) >= 11 is 0. The van der Waals surface area contributed by atoms with Crippen LogP contribution >= 0.6 is 0 Å². The normalized spacial score (nSPS) is 15.5. The first-order valence-corrected chi connectivity index (χ1v) is 31.9. The zero-order valence-electron chi connectivity index (χ0n) is 50.8. The Morgan fingerprint density at radius 3 is 1.36 bits per heavy atom. The Morgan fingerprint density at radius 2 is 0.841 bits per heavy atom. The van der Waals surface area contributed by atoms with Crippen LogP contribution in [0, 0.1) is 0 Å². The van der Waals surface area contributed by atoms with Crippen LogP contribution in [0.3, 0.4) is 0 Å². The van der Waals surface area contributed by atoms with Gasteiger partial charge in [0.25, 0.3) is 0 Å². The molecule has 3 atom stereocenters. The molecule has 0 spiro atoms. The van der Waals surface area contributed by atoms with Crippen LogP contribution in [0.15, 0.2) is 291 Å². The molecule has 0 aromatic heterocycles. The van der Waals surface area contributed by atoms with Crippen molar-refractivity contribution in [1.29, 1.82) is 0 Å². The largest absolute Gasteiger partial charge is 0.489 e. The van der Waals surface area contributed by atoms with Gasteiger partial charge in [0.05, 0.1) is 10.8 Å². The van der Waals surface area contributed by atoms with Gasteiger partial charge in [0, 0.05) is 17.1 Å². The Morgan fingerprint density at radius 1 is 0.375 bits per heavy atom. The predicted octanol–water partition coefficient (Wildman–Crippen LogP) is 22.0. The van der Waals surface area contributed by atoms with Crippen LogP contribution in [0.2, 0.25) is 0 Å². The van der Waals surface area contributed by atoms with E-state index in [4.69, 9.17) is 4.74 Å². The standard InChI is InChI=1S/C86H73NO/c1-5-61(64-31-33-65(34-32-64)67-37-35-66-36-38-68(66)54-67)53-59(4)63-41-49-76(50-42-63)88-57-60-29-43-71(44-30-60)86(72-45-39-62(40-46-72)58(2)3)82-28-18-16-26-78(82)80-52-48-75(56-84(80)86)87(73-23-13-8-14-24-73)74-47-51-79-77-25-15-17-27-81(77)85(83(79)55-74,69-19-9-6-10-20-69)70-21-11-7-12-22-70/h6-35,37,39-52,54-56,58-59,61H,5,36,38,53,57H2,1-4H3. The molecule has 2 nitrogen and oxygen atoms in total. The molecule has 12 aromatic rings. The molecular weight excluding hydrogens is 1060 g/mol. The van der Waals surface area contributed by atoms with E-state index in [1.54, 1.807) is 0 Å². The number of nitrogens with zero attached hydrogens (tertiary/aromatic N) is 1. The molecule has 88 heavy (non-hydrogen) atoms. The molecule has 0 radical (unpaired) electrons. The second-order valence-corrected chi connectivity index (χ2v) is 25.1. The fourth-order valence-corrected chi connectivity index (χ4v) is 15.2. The highest BCUT2D eigenvalue weighted by molar-refractivity contribution is 5.92. The van der Waals surface area contributed by atoms with Crippen molar-refractivity contribution < 1.29 is 4.74 Å². The first-order valence-electron chi connectivity index (χ1n) is 31.9. The summed E-state index contributed by atoms with van der Waals surface area (Å²) in [7, 11) is 0. The zero-order chi connectivity index (χ0) is 59.3. The van der Waals surface area contributed by atoms with Gasteiger partial charge in [0.1, 0.15) is 12.4 Å². The zero-order valence-corrected chi connectivity index (χ0v) is 50.8. The van der Waals surface area contributed by atoms with Crippen molar-refractivity contribution in [2.45, 2.75) is 88.6 Å². The van der Waals surface area contributed by atoms with Crippen LogP contribution < -0.4 is 9.64 Å². The van der Waals surface area contributed by atoms with E-state index in [9.17, 15) is 0 Å². The third kappa shape index (κ3) is 9.32. The number of hydrogen-bond donors (Lipinski definition) is 0. The number of fused-ring (bicyclic) bond motifs is 7. The summed E-state index contributed by atoms with van der Waals surface area (Å²) < 4.78 is 6.62. The van der Waals surface area contributed by atoms with Gasteiger partial charge in [-0.05, 0) is 203 Å². The second-order valence-electron chi connectivity index (χ2n) is 25.1. The van der Waals surface area contributed by atoms with Crippen LogP contribution in [0.5, 0.6) is 5.75 Å². The van der Waals surface area contributed by atoms with Crippen molar-refractivity contribution in [3.8, 4) is 39.1 Å². The quantitative estimate of drug-likeness (QED) is 0.0901. The average Bonchev–Trinajstić information content (AvgIpc) is 1.54. The van der Waals surface area contributed by atoms with Gasteiger partial charge < -0.3 is 9.64 Å². The fraction of sp³-hybridized carbons (Fsp3) is 0.163. The highest BCUT2D eigenvalue weighted by Crippen LogP contribution is 2.60. The number of ether oxygens (including phenoxy) is 1. The Hall–Kier alpha value is -9.76. The molecule has 0 bridgehead atoms. The number of rotatable bonds is 17. The summed E-state index contributed by atoms with van der Waals surface area (Å²) in [5.74, 6) is 2.19. The first kappa shape index (κ1) is 54.9. The maximum atomic E-state index is 6.62. The number of aryl methyl sites for hydroxylation is 2. The lowest BCUT2D eigenvalue weighted by Crippen LogP contribution is -2.29. The van der Waals surface area contributed by atoms with Crippen LogP contribution in [0.4, 0.5) is 17.1 Å². The lowest BCUT2D eigenvalue weighted by atomic mass is 9.67. The van der Waals surface area contributed by atoms with Gasteiger partial charge >= 0.3 is 0 Å². The summed E-state index contributed by atoms with van der Waals surface area (Å²) in [5.41, 5.74) is 28.1. The molecule has 428 valence electrons. The topological polar surface area (TPSA) is 12.5 Å². The van der Waals surface area contributed by atoms with Crippen LogP contribution in [-0.4, -0.2) is 0 Å². The number of hydrogen-bond acceptors (Lipinski definition) is 2. The van der Waals surface area contributed by atoms with E-state index < -0.39 is 10.8 Å². The van der Waals surface area contributed by atoms with Crippen LogP contribution in [0.1, 0.15) is 136 Å². The minimum atomic E-state index is -0.635. The summed E-state index contributed by atoms with van der Waals surface area (Å²) in [6.45, 7) is 9.73. The van der Waals surface area contributed by atoms with Gasteiger partial charge in [-0.25, -0.2) is 0 Å². The number of benzene rings is 12. The minimum Gasteiger partial charge on any atom is -0.489 e. The van der Waals surface area contributed by atoms with E-state index in [-0.39, 0.29) is 0 Å². The van der Waals surface area contributed by atoms with Gasteiger partial charge in [-0.1, -0.05) is 270 Å². The van der Waals surface area contributed by atoms with Crippen molar-refractivity contribution in [2.24, 2.45) is 0 Å². The second kappa shape index (κ2) is 22.8. The van der Waals surface area contributed by atoms with Crippen molar-refractivity contribution >= 4 is 17.1 Å². The van der Waals surface area contributed by atoms with E-state index in [1.807, 2.05) is 0 Å². The molecule has 0 saturated carbocycles. The maximum Gasteiger partial charge on any atom is 0.119 e. The Bertz CT molecular complexity index is 4430. The molecule has 0 fully saturated rings. The third-order valence-corrected chi connectivity index (χ3v) is 20.0. The lowest BCUT2D eigenvalue weighted by Gasteiger charge is -2.36. The van der Waals surface area contributed by atoms with Gasteiger partial charge in [0.2, 0.25) is 0 Å². The summed E-state index contributed by atoms with van der Waals surface area (Å²) in [5, 5.41) is 0.